The highest BCUT2D eigenvalue weighted by Crippen LogP contribution is 2.30. The molecule has 0 saturated carbocycles. The van der Waals surface area contributed by atoms with Crippen molar-refractivity contribution in [3.63, 3.8) is 0 Å². The SMILES string of the molecule is CCOc1ccc(S(=O)(=O)N[C@H](C)CN)cc1OCC. The van der Waals surface area contributed by atoms with Crippen molar-refractivity contribution in [2.45, 2.75) is 31.7 Å². The Labute approximate surface area is 120 Å². The van der Waals surface area contributed by atoms with Crippen molar-refractivity contribution in [1.29, 1.82) is 0 Å². The summed E-state index contributed by atoms with van der Waals surface area (Å²) in [7, 11) is -3.61. The number of benzene rings is 1. The first kappa shape index (κ1) is 16.7. The van der Waals surface area contributed by atoms with E-state index in [1.807, 2.05) is 13.8 Å². The van der Waals surface area contributed by atoms with E-state index in [0.717, 1.165) is 0 Å². The Morgan fingerprint density at radius 3 is 2.35 bits per heavy atom. The Bertz CT molecular complexity index is 531. The van der Waals surface area contributed by atoms with Crippen molar-refractivity contribution < 1.29 is 17.9 Å². The van der Waals surface area contributed by atoms with Gasteiger partial charge in [0.15, 0.2) is 11.5 Å². The zero-order valence-corrected chi connectivity index (χ0v) is 12.9. The zero-order valence-electron chi connectivity index (χ0n) is 12.0. The first-order valence-corrected chi connectivity index (χ1v) is 8.05. The van der Waals surface area contributed by atoms with Gasteiger partial charge in [0.05, 0.1) is 18.1 Å². The molecule has 0 heterocycles. The first-order valence-electron chi connectivity index (χ1n) is 6.56. The van der Waals surface area contributed by atoms with Crippen molar-refractivity contribution in [3.8, 4) is 11.5 Å². The maximum atomic E-state index is 12.2. The number of sulfonamides is 1. The maximum Gasteiger partial charge on any atom is 0.240 e. The molecule has 0 unspecified atom stereocenters. The second kappa shape index (κ2) is 7.47. The summed E-state index contributed by atoms with van der Waals surface area (Å²) in [5, 5.41) is 0. The predicted molar refractivity (Wildman–Crippen MR) is 77.6 cm³/mol. The molecule has 1 aromatic rings. The van der Waals surface area contributed by atoms with Crippen molar-refractivity contribution in [2.24, 2.45) is 5.73 Å². The Morgan fingerprint density at radius 1 is 1.20 bits per heavy atom. The van der Waals surface area contributed by atoms with Crippen LogP contribution in [0.3, 0.4) is 0 Å². The van der Waals surface area contributed by atoms with Crippen molar-refractivity contribution in [3.05, 3.63) is 18.2 Å². The van der Waals surface area contributed by atoms with Gasteiger partial charge < -0.3 is 15.2 Å². The minimum absolute atomic E-state index is 0.129. The van der Waals surface area contributed by atoms with Gasteiger partial charge in [-0.3, -0.25) is 0 Å². The van der Waals surface area contributed by atoms with E-state index in [0.29, 0.717) is 24.7 Å². The molecular formula is C13H22N2O4S. The van der Waals surface area contributed by atoms with Gasteiger partial charge in [0.2, 0.25) is 10.0 Å². The molecule has 0 aliphatic heterocycles. The summed E-state index contributed by atoms with van der Waals surface area (Å²) < 4.78 is 37.6. The Balaban J connectivity index is 3.10. The van der Waals surface area contributed by atoms with Crippen LogP contribution in [0.15, 0.2) is 23.1 Å². The average molecular weight is 302 g/mol. The van der Waals surface area contributed by atoms with E-state index < -0.39 is 10.0 Å². The summed E-state index contributed by atoms with van der Waals surface area (Å²) in [6.45, 7) is 6.52. The molecule has 0 saturated heterocycles. The third kappa shape index (κ3) is 4.36. The molecule has 0 radical (unpaired) electrons. The third-order valence-electron chi connectivity index (χ3n) is 2.54. The van der Waals surface area contributed by atoms with E-state index >= 15 is 0 Å². The lowest BCUT2D eigenvalue weighted by atomic mass is 10.3. The number of hydrogen-bond acceptors (Lipinski definition) is 5. The molecule has 0 bridgehead atoms. The Kier molecular flexibility index (Phi) is 6.25. The smallest absolute Gasteiger partial charge is 0.240 e. The molecule has 114 valence electrons. The number of rotatable bonds is 8. The standard InChI is InChI=1S/C13H22N2O4S/c1-4-18-12-7-6-11(8-13(12)19-5-2)20(16,17)15-10(3)9-14/h6-8,10,15H,4-5,9,14H2,1-3H3/t10-/m1/s1. The molecule has 0 aliphatic rings. The third-order valence-corrected chi connectivity index (χ3v) is 4.12. The van der Waals surface area contributed by atoms with Crippen molar-refractivity contribution >= 4 is 10.0 Å². The maximum absolute atomic E-state index is 12.2. The molecule has 0 fully saturated rings. The van der Waals surface area contributed by atoms with Crippen molar-refractivity contribution in [1.82, 2.24) is 4.72 Å². The average Bonchev–Trinajstić information content (AvgIpc) is 2.40. The summed E-state index contributed by atoms with van der Waals surface area (Å²) in [4.78, 5) is 0.129. The minimum atomic E-state index is -3.61. The fourth-order valence-corrected chi connectivity index (χ4v) is 2.85. The molecule has 0 amide bonds. The molecule has 0 aliphatic carbocycles. The van der Waals surface area contributed by atoms with Crippen LogP contribution in [-0.2, 0) is 10.0 Å². The highest BCUT2D eigenvalue weighted by Gasteiger charge is 2.19. The van der Waals surface area contributed by atoms with E-state index in [4.69, 9.17) is 15.2 Å². The fourth-order valence-electron chi connectivity index (χ4n) is 1.58. The van der Waals surface area contributed by atoms with Crippen LogP contribution in [0.1, 0.15) is 20.8 Å². The number of nitrogens with one attached hydrogen (secondary N) is 1. The second-order valence-corrected chi connectivity index (χ2v) is 5.95. The molecule has 6 nitrogen and oxygen atoms in total. The van der Waals surface area contributed by atoms with Gasteiger partial charge in [0, 0.05) is 18.7 Å². The van der Waals surface area contributed by atoms with Gasteiger partial charge in [-0.2, -0.15) is 0 Å². The van der Waals surface area contributed by atoms with E-state index in [9.17, 15) is 8.42 Å². The van der Waals surface area contributed by atoms with Crippen LogP contribution < -0.4 is 19.9 Å². The number of ether oxygens (including phenoxy) is 2. The summed E-state index contributed by atoms with van der Waals surface area (Å²) in [5.74, 6) is 0.942. The van der Waals surface area contributed by atoms with Crippen LogP contribution in [0, 0.1) is 0 Å². The summed E-state index contributed by atoms with van der Waals surface area (Å²) in [6, 6.07) is 4.21. The van der Waals surface area contributed by atoms with Gasteiger partial charge in [0.25, 0.3) is 0 Å². The van der Waals surface area contributed by atoms with Gasteiger partial charge in [0.1, 0.15) is 0 Å². The van der Waals surface area contributed by atoms with Crippen molar-refractivity contribution in [2.75, 3.05) is 19.8 Å². The van der Waals surface area contributed by atoms with Crippen LogP contribution in [0.4, 0.5) is 0 Å². The van der Waals surface area contributed by atoms with Crippen LogP contribution in [0.5, 0.6) is 11.5 Å². The molecule has 1 atom stereocenters. The summed E-state index contributed by atoms with van der Waals surface area (Å²) in [6.07, 6.45) is 0. The van der Waals surface area contributed by atoms with E-state index in [1.165, 1.54) is 12.1 Å². The second-order valence-electron chi connectivity index (χ2n) is 4.23. The van der Waals surface area contributed by atoms with Crippen LogP contribution in [0.2, 0.25) is 0 Å². The normalized spacial score (nSPS) is 13.0. The lowest BCUT2D eigenvalue weighted by Crippen LogP contribution is -2.37. The van der Waals surface area contributed by atoms with Gasteiger partial charge >= 0.3 is 0 Å². The Morgan fingerprint density at radius 2 is 1.80 bits per heavy atom. The molecule has 1 rings (SSSR count). The molecule has 1 aromatic carbocycles. The Hall–Kier alpha value is -1.31. The summed E-state index contributed by atoms with van der Waals surface area (Å²) >= 11 is 0. The summed E-state index contributed by atoms with van der Waals surface area (Å²) in [5.41, 5.74) is 5.43. The van der Waals surface area contributed by atoms with E-state index in [-0.39, 0.29) is 17.5 Å². The van der Waals surface area contributed by atoms with E-state index in [1.54, 1.807) is 13.0 Å². The zero-order chi connectivity index (χ0) is 15.2. The molecule has 7 heteroatoms. The highest BCUT2D eigenvalue weighted by atomic mass is 32.2. The molecule has 0 aromatic heterocycles. The molecule has 20 heavy (non-hydrogen) atoms. The predicted octanol–water partition coefficient (Wildman–Crippen LogP) is 1.11. The topological polar surface area (TPSA) is 90.7 Å². The van der Waals surface area contributed by atoms with Gasteiger partial charge in [-0.05, 0) is 32.9 Å². The highest BCUT2D eigenvalue weighted by molar-refractivity contribution is 7.89. The molecule has 3 N–H and O–H groups in total. The fraction of sp³-hybridized carbons (Fsp3) is 0.538. The number of hydrogen-bond donors (Lipinski definition) is 2. The molecular weight excluding hydrogens is 280 g/mol. The van der Waals surface area contributed by atoms with Crippen LogP contribution in [0.25, 0.3) is 0 Å². The quantitative estimate of drug-likeness (QED) is 0.750. The number of nitrogens with two attached hydrogens (primary N) is 1. The van der Waals surface area contributed by atoms with Crippen LogP contribution in [-0.4, -0.2) is 34.2 Å². The minimum Gasteiger partial charge on any atom is -0.490 e. The van der Waals surface area contributed by atoms with E-state index in [2.05, 4.69) is 4.72 Å². The van der Waals surface area contributed by atoms with Gasteiger partial charge in [-0.15, -0.1) is 0 Å². The van der Waals surface area contributed by atoms with Gasteiger partial charge in [-0.25, -0.2) is 13.1 Å². The van der Waals surface area contributed by atoms with Gasteiger partial charge in [-0.1, -0.05) is 0 Å². The monoisotopic (exact) mass is 302 g/mol. The first-order chi connectivity index (χ1) is 9.44. The lowest BCUT2D eigenvalue weighted by Gasteiger charge is -2.15. The molecule has 0 spiro atoms. The largest absolute Gasteiger partial charge is 0.490 e. The lowest BCUT2D eigenvalue weighted by molar-refractivity contribution is 0.287. The van der Waals surface area contributed by atoms with Crippen LogP contribution >= 0.6 is 0 Å².